The third-order valence-electron chi connectivity index (χ3n) is 7.20. The molecule has 0 amide bonds. The summed E-state index contributed by atoms with van der Waals surface area (Å²) >= 11 is 0. The van der Waals surface area contributed by atoms with E-state index >= 15 is 0 Å². The topological polar surface area (TPSA) is 7.76 Å². The van der Waals surface area contributed by atoms with Crippen molar-refractivity contribution in [1.29, 1.82) is 0 Å². The third kappa shape index (κ3) is 2.09. The van der Waals surface area contributed by atoms with Crippen molar-refractivity contribution >= 4 is 0 Å². The van der Waals surface area contributed by atoms with E-state index < -0.39 is 0 Å². The molecule has 2 aliphatic rings. The van der Waals surface area contributed by atoms with Gasteiger partial charge < -0.3 is 0 Å². The monoisotopic (exact) mass is 370 g/mol. The molecule has 0 bridgehead atoms. The number of nitrogens with zero attached hydrogens (tertiary/aromatic N) is 2. The van der Waals surface area contributed by atoms with E-state index in [2.05, 4.69) is 99.7 Å². The fourth-order valence-electron chi connectivity index (χ4n) is 5.31. The van der Waals surface area contributed by atoms with Gasteiger partial charge in [0.2, 0.25) is 0 Å². The Morgan fingerprint density at radius 2 is 1.00 bits per heavy atom. The SMILES string of the molecule is CC[n+]1ccc2c(c1)C(C)(C)c1cc3c(cc1-2)C(C)(C)c1c[n+](CC)ccc1-3. The van der Waals surface area contributed by atoms with E-state index in [0.717, 1.165) is 13.1 Å². The van der Waals surface area contributed by atoms with Gasteiger partial charge in [0.15, 0.2) is 24.8 Å². The van der Waals surface area contributed by atoms with Crippen molar-refractivity contribution in [2.75, 3.05) is 0 Å². The molecule has 2 aliphatic carbocycles. The molecule has 1 aromatic carbocycles. The summed E-state index contributed by atoms with van der Waals surface area (Å²) in [6, 6.07) is 9.62. The smallest absolute Gasteiger partial charge is 0.173 e. The zero-order chi connectivity index (χ0) is 19.8. The molecule has 2 heterocycles. The molecule has 0 radical (unpaired) electrons. The molecule has 2 aromatic heterocycles. The van der Waals surface area contributed by atoms with Crippen LogP contribution in [0.15, 0.2) is 49.1 Å². The average Bonchev–Trinajstić information content (AvgIpc) is 3.06. The highest BCUT2D eigenvalue weighted by molar-refractivity contribution is 5.88. The second-order valence-corrected chi connectivity index (χ2v) is 9.40. The van der Waals surface area contributed by atoms with Crippen molar-refractivity contribution in [3.05, 3.63) is 71.3 Å². The van der Waals surface area contributed by atoms with Gasteiger partial charge in [0.25, 0.3) is 0 Å². The summed E-state index contributed by atoms with van der Waals surface area (Å²) in [6.45, 7) is 15.9. The van der Waals surface area contributed by atoms with Crippen LogP contribution in [-0.2, 0) is 23.9 Å². The summed E-state index contributed by atoms with van der Waals surface area (Å²) in [4.78, 5) is 0. The van der Waals surface area contributed by atoms with E-state index in [-0.39, 0.29) is 10.8 Å². The van der Waals surface area contributed by atoms with Crippen molar-refractivity contribution in [2.45, 2.75) is 65.5 Å². The summed E-state index contributed by atoms with van der Waals surface area (Å²) in [7, 11) is 0. The summed E-state index contributed by atoms with van der Waals surface area (Å²) < 4.78 is 4.59. The van der Waals surface area contributed by atoms with E-state index in [1.54, 1.807) is 0 Å². The van der Waals surface area contributed by atoms with Gasteiger partial charge in [-0.25, -0.2) is 9.13 Å². The van der Waals surface area contributed by atoms with Crippen LogP contribution in [0.1, 0.15) is 63.8 Å². The molecule has 0 saturated heterocycles. The molecule has 0 fully saturated rings. The number of hydrogen-bond acceptors (Lipinski definition) is 0. The Morgan fingerprint density at radius 1 is 0.607 bits per heavy atom. The normalized spacial score (nSPS) is 17.1. The lowest BCUT2D eigenvalue weighted by atomic mass is 9.79. The lowest BCUT2D eigenvalue weighted by Gasteiger charge is -2.23. The van der Waals surface area contributed by atoms with Gasteiger partial charge in [0.1, 0.15) is 13.1 Å². The van der Waals surface area contributed by atoms with Gasteiger partial charge in [-0.05, 0) is 59.4 Å². The predicted octanol–water partition coefficient (Wildman–Crippen LogP) is 4.91. The molecule has 3 aromatic rings. The van der Waals surface area contributed by atoms with Gasteiger partial charge in [-0.1, -0.05) is 27.7 Å². The number of rotatable bonds is 2. The van der Waals surface area contributed by atoms with Crippen molar-refractivity contribution in [3.8, 4) is 22.3 Å². The van der Waals surface area contributed by atoms with Crippen molar-refractivity contribution in [1.82, 2.24) is 0 Å². The first kappa shape index (κ1) is 17.6. The van der Waals surface area contributed by atoms with Gasteiger partial charge in [0, 0.05) is 34.1 Å². The Hall–Kier alpha value is -2.48. The van der Waals surface area contributed by atoms with E-state index in [4.69, 9.17) is 0 Å². The molecule has 0 N–H and O–H groups in total. The molecule has 142 valence electrons. The van der Waals surface area contributed by atoms with Crippen LogP contribution in [0, 0.1) is 0 Å². The molecule has 2 nitrogen and oxygen atoms in total. The lowest BCUT2D eigenvalue weighted by molar-refractivity contribution is -0.694. The summed E-state index contributed by atoms with van der Waals surface area (Å²) in [5, 5.41) is 0. The second-order valence-electron chi connectivity index (χ2n) is 9.40. The Bertz CT molecular complexity index is 1040. The van der Waals surface area contributed by atoms with Crippen LogP contribution in [0.3, 0.4) is 0 Å². The van der Waals surface area contributed by atoms with Crippen molar-refractivity contribution in [3.63, 3.8) is 0 Å². The molecule has 0 spiro atoms. The van der Waals surface area contributed by atoms with Gasteiger partial charge in [-0.3, -0.25) is 0 Å². The van der Waals surface area contributed by atoms with Crippen LogP contribution in [0.5, 0.6) is 0 Å². The number of aryl methyl sites for hydroxylation is 2. The molecule has 28 heavy (non-hydrogen) atoms. The fraction of sp³-hybridized carbons (Fsp3) is 0.385. The lowest BCUT2D eigenvalue weighted by Crippen LogP contribution is -2.33. The third-order valence-corrected chi connectivity index (χ3v) is 7.20. The summed E-state index contributed by atoms with van der Waals surface area (Å²) in [6.07, 6.45) is 9.15. The first-order valence-corrected chi connectivity index (χ1v) is 10.6. The zero-order valence-electron chi connectivity index (χ0n) is 17.9. The van der Waals surface area contributed by atoms with Crippen LogP contribution >= 0.6 is 0 Å². The zero-order valence-corrected chi connectivity index (χ0v) is 17.9. The maximum Gasteiger partial charge on any atom is 0.173 e. The first-order valence-electron chi connectivity index (χ1n) is 10.6. The molecular weight excluding hydrogens is 340 g/mol. The quantitative estimate of drug-likeness (QED) is 0.566. The highest BCUT2D eigenvalue weighted by atomic mass is 14.9. The van der Waals surface area contributed by atoms with Crippen molar-refractivity contribution in [2.24, 2.45) is 0 Å². The van der Waals surface area contributed by atoms with E-state index in [1.165, 1.54) is 44.5 Å². The number of benzene rings is 1. The molecule has 0 unspecified atom stereocenters. The minimum absolute atomic E-state index is 0.0306. The highest BCUT2D eigenvalue weighted by Gasteiger charge is 2.43. The Kier molecular flexibility index (Phi) is 3.48. The van der Waals surface area contributed by atoms with Gasteiger partial charge in [-0.15, -0.1) is 0 Å². The Labute approximate surface area is 168 Å². The Morgan fingerprint density at radius 3 is 1.36 bits per heavy atom. The van der Waals surface area contributed by atoms with Crippen LogP contribution in [0.25, 0.3) is 22.3 Å². The molecule has 0 atom stereocenters. The minimum atomic E-state index is 0.0306. The summed E-state index contributed by atoms with van der Waals surface area (Å²) in [5.74, 6) is 0. The van der Waals surface area contributed by atoms with Crippen LogP contribution < -0.4 is 9.13 Å². The number of fused-ring (bicyclic) bond motifs is 6. The molecule has 0 saturated carbocycles. The second kappa shape index (κ2) is 5.53. The standard InChI is InChI=1S/C26H30N2/c1-7-27-11-9-17-19-13-22-20(14-21(19)25(3,4)23(17)15-27)18-10-12-28(8-2)16-24(18)26(22,5)6/h9-16H,7-8H2,1-6H3/q+2. The Balaban J connectivity index is 1.78. The molecule has 5 rings (SSSR count). The number of hydrogen-bond donors (Lipinski definition) is 0. The van der Waals surface area contributed by atoms with Gasteiger partial charge >= 0.3 is 0 Å². The first-order chi connectivity index (χ1) is 13.3. The average molecular weight is 371 g/mol. The van der Waals surface area contributed by atoms with Crippen LogP contribution in [0.2, 0.25) is 0 Å². The maximum absolute atomic E-state index is 2.49. The predicted molar refractivity (Wildman–Crippen MR) is 113 cm³/mol. The van der Waals surface area contributed by atoms with Gasteiger partial charge in [-0.2, -0.15) is 0 Å². The molecule has 0 aliphatic heterocycles. The number of aromatic nitrogens is 2. The van der Waals surface area contributed by atoms with E-state index in [1.807, 2.05) is 0 Å². The molecular formula is C26H30N2+2. The maximum atomic E-state index is 2.49. The highest BCUT2D eigenvalue weighted by Crippen LogP contribution is 2.55. The van der Waals surface area contributed by atoms with Gasteiger partial charge in [0.05, 0.1) is 0 Å². The van der Waals surface area contributed by atoms with Crippen LogP contribution in [0.4, 0.5) is 0 Å². The minimum Gasteiger partial charge on any atom is -0.205 e. The van der Waals surface area contributed by atoms with Crippen LogP contribution in [-0.4, -0.2) is 0 Å². The summed E-state index contributed by atoms with van der Waals surface area (Å²) in [5.41, 5.74) is 11.5. The van der Waals surface area contributed by atoms with E-state index in [9.17, 15) is 0 Å². The largest absolute Gasteiger partial charge is 0.205 e. The fourth-order valence-corrected chi connectivity index (χ4v) is 5.31. The molecule has 2 heteroatoms. The van der Waals surface area contributed by atoms with E-state index in [0.29, 0.717) is 0 Å². The number of pyridine rings is 2. The van der Waals surface area contributed by atoms with Crippen molar-refractivity contribution < 1.29 is 9.13 Å².